The van der Waals surface area contributed by atoms with Crippen LogP contribution in [-0.4, -0.2) is 30.2 Å². The molecule has 0 bridgehead atoms. The first-order valence-electron chi connectivity index (χ1n) is 4.95. The zero-order valence-corrected chi connectivity index (χ0v) is 10.1. The van der Waals surface area contributed by atoms with Gasteiger partial charge in [0.25, 0.3) is 0 Å². The van der Waals surface area contributed by atoms with Crippen LogP contribution in [0.3, 0.4) is 0 Å². The van der Waals surface area contributed by atoms with Crippen molar-refractivity contribution < 1.29 is 9.47 Å². The van der Waals surface area contributed by atoms with Gasteiger partial charge in [-0.3, -0.25) is 0 Å². The Labute approximate surface area is 89.1 Å². The van der Waals surface area contributed by atoms with Gasteiger partial charge in [-0.1, -0.05) is 15.9 Å². The van der Waals surface area contributed by atoms with E-state index in [0.717, 1.165) is 25.0 Å². The lowest BCUT2D eigenvalue weighted by Crippen LogP contribution is -2.33. The summed E-state index contributed by atoms with van der Waals surface area (Å²) in [7, 11) is 0. The largest absolute Gasteiger partial charge is 0.376 e. The SMILES string of the molecule is CC(C)(CBr)OCC1CCCCO1. The maximum absolute atomic E-state index is 5.75. The van der Waals surface area contributed by atoms with Crippen LogP contribution in [-0.2, 0) is 9.47 Å². The lowest BCUT2D eigenvalue weighted by Gasteiger charge is -2.28. The third-order valence-electron chi connectivity index (χ3n) is 2.26. The molecule has 0 N–H and O–H groups in total. The molecule has 0 aromatic rings. The number of alkyl halides is 1. The highest BCUT2D eigenvalue weighted by molar-refractivity contribution is 9.09. The first-order valence-corrected chi connectivity index (χ1v) is 6.08. The van der Waals surface area contributed by atoms with E-state index in [1.807, 2.05) is 0 Å². The summed E-state index contributed by atoms with van der Waals surface area (Å²) in [5, 5.41) is 0.868. The van der Waals surface area contributed by atoms with Crippen LogP contribution in [0.1, 0.15) is 33.1 Å². The summed E-state index contributed by atoms with van der Waals surface area (Å²) in [5.74, 6) is 0. The predicted molar refractivity (Wildman–Crippen MR) is 57.4 cm³/mol. The van der Waals surface area contributed by atoms with Crippen molar-refractivity contribution in [2.75, 3.05) is 18.5 Å². The van der Waals surface area contributed by atoms with Gasteiger partial charge in [0, 0.05) is 11.9 Å². The molecule has 1 aliphatic heterocycles. The van der Waals surface area contributed by atoms with Crippen molar-refractivity contribution in [3.63, 3.8) is 0 Å². The Kier molecular flexibility index (Phi) is 4.70. The average Bonchev–Trinajstić information content (AvgIpc) is 2.17. The Bertz CT molecular complexity index is 142. The summed E-state index contributed by atoms with van der Waals surface area (Å²) < 4.78 is 11.3. The molecule has 1 rings (SSSR count). The molecule has 0 spiro atoms. The minimum absolute atomic E-state index is 0.0686. The third-order valence-corrected chi connectivity index (χ3v) is 3.61. The zero-order valence-electron chi connectivity index (χ0n) is 8.51. The third kappa shape index (κ3) is 4.43. The zero-order chi connectivity index (χ0) is 9.73. The van der Waals surface area contributed by atoms with Gasteiger partial charge in [0.1, 0.15) is 0 Å². The number of hydrogen-bond acceptors (Lipinski definition) is 2. The molecular weight excluding hydrogens is 232 g/mol. The molecule has 0 aromatic carbocycles. The Morgan fingerprint density at radius 2 is 2.23 bits per heavy atom. The van der Waals surface area contributed by atoms with Gasteiger partial charge in [-0.2, -0.15) is 0 Å². The molecule has 1 atom stereocenters. The summed E-state index contributed by atoms with van der Waals surface area (Å²) in [6.07, 6.45) is 3.96. The van der Waals surface area contributed by atoms with Gasteiger partial charge in [-0.15, -0.1) is 0 Å². The summed E-state index contributed by atoms with van der Waals surface area (Å²) in [6, 6.07) is 0. The van der Waals surface area contributed by atoms with Gasteiger partial charge >= 0.3 is 0 Å². The quantitative estimate of drug-likeness (QED) is 0.715. The van der Waals surface area contributed by atoms with Crippen molar-refractivity contribution in [3.8, 4) is 0 Å². The van der Waals surface area contributed by atoms with Crippen LogP contribution in [0, 0.1) is 0 Å². The molecule has 2 nitrogen and oxygen atoms in total. The van der Waals surface area contributed by atoms with Crippen LogP contribution in [0.15, 0.2) is 0 Å². The number of hydrogen-bond donors (Lipinski definition) is 0. The summed E-state index contributed by atoms with van der Waals surface area (Å²) in [4.78, 5) is 0. The Morgan fingerprint density at radius 1 is 1.46 bits per heavy atom. The highest BCUT2D eigenvalue weighted by Gasteiger charge is 2.20. The van der Waals surface area contributed by atoms with Crippen LogP contribution in [0.2, 0.25) is 0 Å². The minimum atomic E-state index is -0.0686. The van der Waals surface area contributed by atoms with Gasteiger partial charge in [0.15, 0.2) is 0 Å². The van der Waals surface area contributed by atoms with E-state index in [9.17, 15) is 0 Å². The van der Waals surface area contributed by atoms with Crippen molar-refractivity contribution in [2.24, 2.45) is 0 Å². The Balaban J connectivity index is 2.17. The van der Waals surface area contributed by atoms with Crippen molar-refractivity contribution >= 4 is 15.9 Å². The van der Waals surface area contributed by atoms with E-state index in [0.29, 0.717) is 6.10 Å². The molecule has 13 heavy (non-hydrogen) atoms. The molecule has 0 saturated carbocycles. The molecule has 1 heterocycles. The normalized spacial score (nSPS) is 24.7. The van der Waals surface area contributed by atoms with E-state index in [4.69, 9.17) is 9.47 Å². The fourth-order valence-electron chi connectivity index (χ4n) is 1.30. The summed E-state index contributed by atoms with van der Waals surface area (Å²) in [5.41, 5.74) is -0.0686. The maximum atomic E-state index is 5.75. The molecule has 0 aliphatic carbocycles. The molecule has 0 aromatic heterocycles. The van der Waals surface area contributed by atoms with E-state index in [1.165, 1.54) is 12.8 Å². The Hall–Kier alpha value is 0.400. The first-order chi connectivity index (χ1) is 6.14. The molecule has 1 unspecified atom stereocenters. The van der Waals surface area contributed by atoms with Crippen LogP contribution in [0.25, 0.3) is 0 Å². The van der Waals surface area contributed by atoms with Crippen LogP contribution in [0.5, 0.6) is 0 Å². The van der Waals surface area contributed by atoms with E-state index >= 15 is 0 Å². The van der Waals surface area contributed by atoms with Gasteiger partial charge in [-0.05, 0) is 33.1 Å². The average molecular weight is 251 g/mol. The highest BCUT2D eigenvalue weighted by atomic mass is 79.9. The van der Waals surface area contributed by atoms with E-state index < -0.39 is 0 Å². The fourth-order valence-corrected chi connectivity index (χ4v) is 1.46. The molecule has 3 heteroatoms. The number of rotatable bonds is 4. The molecule has 1 fully saturated rings. The van der Waals surface area contributed by atoms with Gasteiger partial charge in [0.05, 0.1) is 18.3 Å². The molecule has 0 radical (unpaired) electrons. The fraction of sp³-hybridized carbons (Fsp3) is 1.00. The predicted octanol–water partition coefficient (Wildman–Crippen LogP) is 2.75. The lowest BCUT2D eigenvalue weighted by molar-refractivity contribution is -0.0841. The second-order valence-electron chi connectivity index (χ2n) is 4.19. The highest BCUT2D eigenvalue weighted by Crippen LogP contribution is 2.17. The van der Waals surface area contributed by atoms with Crippen LogP contribution in [0.4, 0.5) is 0 Å². The van der Waals surface area contributed by atoms with E-state index in [1.54, 1.807) is 0 Å². The molecular formula is C10H19BrO2. The molecule has 78 valence electrons. The van der Waals surface area contributed by atoms with Crippen LogP contribution >= 0.6 is 15.9 Å². The van der Waals surface area contributed by atoms with Crippen molar-refractivity contribution in [1.82, 2.24) is 0 Å². The van der Waals surface area contributed by atoms with Gasteiger partial charge in [-0.25, -0.2) is 0 Å². The summed E-state index contributed by atoms with van der Waals surface area (Å²) >= 11 is 3.43. The second-order valence-corrected chi connectivity index (χ2v) is 4.75. The smallest absolute Gasteiger partial charge is 0.0808 e. The van der Waals surface area contributed by atoms with Crippen molar-refractivity contribution in [1.29, 1.82) is 0 Å². The van der Waals surface area contributed by atoms with Gasteiger partial charge in [0.2, 0.25) is 0 Å². The Morgan fingerprint density at radius 3 is 2.77 bits per heavy atom. The minimum Gasteiger partial charge on any atom is -0.376 e. The molecule has 1 aliphatic rings. The van der Waals surface area contributed by atoms with Crippen molar-refractivity contribution in [2.45, 2.75) is 44.8 Å². The second kappa shape index (κ2) is 5.32. The van der Waals surface area contributed by atoms with E-state index in [-0.39, 0.29) is 5.60 Å². The lowest BCUT2D eigenvalue weighted by atomic mass is 10.1. The number of ether oxygens (including phenoxy) is 2. The maximum Gasteiger partial charge on any atom is 0.0808 e. The topological polar surface area (TPSA) is 18.5 Å². The molecule has 1 saturated heterocycles. The summed E-state index contributed by atoms with van der Waals surface area (Å²) in [6.45, 7) is 5.82. The van der Waals surface area contributed by atoms with Gasteiger partial charge < -0.3 is 9.47 Å². The first kappa shape index (κ1) is 11.5. The van der Waals surface area contributed by atoms with Crippen LogP contribution < -0.4 is 0 Å². The number of halogens is 1. The molecule has 0 amide bonds. The van der Waals surface area contributed by atoms with E-state index in [2.05, 4.69) is 29.8 Å². The standard InChI is InChI=1S/C10H19BrO2/c1-10(2,8-11)13-7-9-5-3-4-6-12-9/h9H,3-8H2,1-2H3. The monoisotopic (exact) mass is 250 g/mol. The van der Waals surface area contributed by atoms with Crippen molar-refractivity contribution in [3.05, 3.63) is 0 Å².